The zero-order chi connectivity index (χ0) is 12.4. The highest BCUT2D eigenvalue weighted by Gasteiger charge is 2.32. The molecule has 0 N–H and O–H groups in total. The summed E-state index contributed by atoms with van der Waals surface area (Å²) in [4.78, 5) is 6.46. The number of rotatable bonds is 3. The van der Waals surface area contributed by atoms with Gasteiger partial charge in [-0.1, -0.05) is 0 Å². The van der Waals surface area contributed by atoms with E-state index >= 15 is 0 Å². The van der Waals surface area contributed by atoms with Crippen LogP contribution in [0.5, 0.6) is 0 Å². The standard InChI is InChI=1S/C7H7F3N2O3S/c1-16(13,14)15-4-5-2-12-6(3-11-5)7(8,9)10/h2-3H,4H2,1H3. The Morgan fingerprint density at radius 2 is 1.94 bits per heavy atom. The van der Waals surface area contributed by atoms with Crippen LogP contribution in [0.4, 0.5) is 13.2 Å². The summed E-state index contributed by atoms with van der Waals surface area (Å²) < 4.78 is 61.7. The van der Waals surface area contributed by atoms with Gasteiger partial charge in [0, 0.05) is 0 Å². The van der Waals surface area contributed by atoms with E-state index in [1.165, 1.54) is 0 Å². The Bertz CT molecular complexity index is 455. The van der Waals surface area contributed by atoms with E-state index in [0.717, 1.165) is 12.5 Å². The van der Waals surface area contributed by atoms with Crippen LogP contribution in [0, 0.1) is 0 Å². The van der Waals surface area contributed by atoms with E-state index in [0.29, 0.717) is 6.20 Å². The predicted molar refractivity (Wildman–Crippen MR) is 46.7 cm³/mol. The molecule has 0 fully saturated rings. The van der Waals surface area contributed by atoms with Gasteiger partial charge in [0.15, 0.2) is 5.69 Å². The number of alkyl halides is 3. The molecule has 0 unspecified atom stereocenters. The van der Waals surface area contributed by atoms with Crippen LogP contribution >= 0.6 is 0 Å². The third-order valence-electron chi connectivity index (χ3n) is 1.42. The molecule has 0 bridgehead atoms. The summed E-state index contributed by atoms with van der Waals surface area (Å²) >= 11 is 0. The van der Waals surface area contributed by atoms with Crippen molar-refractivity contribution < 1.29 is 25.8 Å². The summed E-state index contributed by atoms with van der Waals surface area (Å²) in [5, 5.41) is 0. The molecule has 90 valence electrons. The molecule has 0 saturated heterocycles. The van der Waals surface area contributed by atoms with Crippen molar-refractivity contribution in [3.05, 3.63) is 23.8 Å². The van der Waals surface area contributed by atoms with Gasteiger partial charge in [-0.05, 0) is 0 Å². The lowest BCUT2D eigenvalue weighted by Gasteiger charge is -2.05. The minimum Gasteiger partial charge on any atom is -0.264 e. The molecular formula is C7H7F3N2O3S. The molecule has 0 aliphatic carbocycles. The lowest BCUT2D eigenvalue weighted by Crippen LogP contribution is -2.10. The Labute approximate surface area is 89.4 Å². The Morgan fingerprint density at radius 3 is 2.31 bits per heavy atom. The average molecular weight is 256 g/mol. The molecule has 0 amide bonds. The van der Waals surface area contributed by atoms with Gasteiger partial charge in [-0.25, -0.2) is 4.98 Å². The summed E-state index contributed by atoms with van der Waals surface area (Å²) in [6.45, 7) is -0.441. The van der Waals surface area contributed by atoms with Crippen molar-refractivity contribution in [3.8, 4) is 0 Å². The second-order valence-corrected chi connectivity index (χ2v) is 4.50. The molecule has 9 heteroatoms. The average Bonchev–Trinajstić information content (AvgIpc) is 2.13. The molecule has 0 radical (unpaired) electrons. The van der Waals surface area contributed by atoms with Gasteiger partial charge in [0.05, 0.1) is 24.3 Å². The molecule has 0 aliphatic rings. The van der Waals surface area contributed by atoms with Gasteiger partial charge in [0.1, 0.15) is 6.61 Å². The van der Waals surface area contributed by atoms with Crippen molar-refractivity contribution in [2.24, 2.45) is 0 Å². The Kier molecular flexibility index (Phi) is 3.48. The van der Waals surface area contributed by atoms with Gasteiger partial charge >= 0.3 is 6.18 Å². The second kappa shape index (κ2) is 4.34. The molecule has 1 heterocycles. The van der Waals surface area contributed by atoms with E-state index in [1.54, 1.807) is 0 Å². The quantitative estimate of drug-likeness (QED) is 0.754. The fourth-order valence-electron chi connectivity index (χ4n) is 0.743. The first-order chi connectivity index (χ1) is 7.18. The summed E-state index contributed by atoms with van der Waals surface area (Å²) in [5.74, 6) is 0. The summed E-state index contributed by atoms with van der Waals surface area (Å²) in [5.41, 5.74) is -1.14. The molecule has 5 nitrogen and oxygen atoms in total. The van der Waals surface area contributed by atoms with E-state index in [9.17, 15) is 21.6 Å². The number of nitrogens with zero attached hydrogens (tertiary/aromatic N) is 2. The van der Waals surface area contributed by atoms with Crippen LogP contribution in [0.1, 0.15) is 11.4 Å². The predicted octanol–water partition coefficient (Wildman–Crippen LogP) is 0.972. The zero-order valence-corrected chi connectivity index (χ0v) is 8.84. The van der Waals surface area contributed by atoms with Crippen LogP contribution in [0.15, 0.2) is 12.4 Å². The zero-order valence-electron chi connectivity index (χ0n) is 8.02. The molecule has 0 aromatic carbocycles. The van der Waals surface area contributed by atoms with Crippen molar-refractivity contribution in [3.63, 3.8) is 0 Å². The molecule has 1 aromatic rings. The van der Waals surface area contributed by atoms with Crippen LogP contribution in [-0.2, 0) is 27.1 Å². The first kappa shape index (κ1) is 12.8. The van der Waals surface area contributed by atoms with Crippen molar-refractivity contribution in [1.29, 1.82) is 0 Å². The first-order valence-corrected chi connectivity index (χ1v) is 5.72. The van der Waals surface area contributed by atoms with Crippen LogP contribution in [-0.4, -0.2) is 24.6 Å². The number of aromatic nitrogens is 2. The third-order valence-corrected chi connectivity index (χ3v) is 1.96. The van der Waals surface area contributed by atoms with Crippen molar-refractivity contribution >= 4 is 10.1 Å². The molecule has 0 spiro atoms. The molecule has 16 heavy (non-hydrogen) atoms. The molecule has 0 saturated carbocycles. The monoisotopic (exact) mass is 256 g/mol. The number of hydrogen-bond donors (Lipinski definition) is 0. The lowest BCUT2D eigenvalue weighted by atomic mass is 10.4. The van der Waals surface area contributed by atoms with Crippen molar-refractivity contribution in [1.82, 2.24) is 9.97 Å². The maximum Gasteiger partial charge on any atom is 0.434 e. The van der Waals surface area contributed by atoms with Crippen LogP contribution in [0.2, 0.25) is 0 Å². The molecule has 0 aliphatic heterocycles. The smallest absolute Gasteiger partial charge is 0.264 e. The minimum absolute atomic E-state index is 0.00146. The van der Waals surface area contributed by atoms with E-state index in [1.807, 2.05) is 0 Å². The van der Waals surface area contributed by atoms with Gasteiger partial charge < -0.3 is 0 Å². The highest BCUT2D eigenvalue weighted by Crippen LogP contribution is 2.26. The van der Waals surface area contributed by atoms with Crippen molar-refractivity contribution in [2.45, 2.75) is 12.8 Å². The van der Waals surface area contributed by atoms with Gasteiger partial charge in [0.2, 0.25) is 0 Å². The molecule has 1 aromatic heterocycles. The van der Waals surface area contributed by atoms with E-state index in [-0.39, 0.29) is 5.69 Å². The maximum atomic E-state index is 12.1. The van der Waals surface area contributed by atoms with Gasteiger partial charge in [-0.2, -0.15) is 21.6 Å². The molecular weight excluding hydrogens is 249 g/mol. The van der Waals surface area contributed by atoms with Gasteiger partial charge in [-0.3, -0.25) is 9.17 Å². The Hall–Kier alpha value is -1.22. The number of halogens is 3. The topological polar surface area (TPSA) is 69.2 Å². The van der Waals surface area contributed by atoms with Crippen LogP contribution in [0.3, 0.4) is 0 Å². The highest BCUT2D eigenvalue weighted by molar-refractivity contribution is 7.85. The van der Waals surface area contributed by atoms with Crippen molar-refractivity contribution in [2.75, 3.05) is 6.26 Å². The Balaban J connectivity index is 2.73. The fourth-order valence-corrected chi connectivity index (χ4v) is 1.08. The molecule has 0 atom stereocenters. The first-order valence-electron chi connectivity index (χ1n) is 3.91. The van der Waals surface area contributed by atoms with E-state index in [4.69, 9.17) is 0 Å². The number of hydrogen-bond acceptors (Lipinski definition) is 5. The highest BCUT2D eigenvalue weighted by atomic mass is 32.2. The largest absolute Gasteiger partial charge is 0.434 e. The van der Waals surface area contributed by atoms with E-state index in [2.05, 4.69) is 14.2 Å². The minimum atomic E-state index is -4.57. The van der Waals surface area contributed by atoms with Gasteiger partial charge in [0.25, 0.3) is 10.1 Å². The van der Waals surface area contributed by atoms with E-state index < -0.39 is 28.6 Å². The summed E-state index contributed by atoms with van der Waals surface area (Å²) in [6, 6.07) is 0. The maximum absolute atomic E-state index is 12.1. The normalized spacial score (nSPS) is 12.8. The lowest BCUT2D eigenvalue weighted by molar-refractivity contribution is -0.141. The fraction of sp³-hybridized carbons (Fsp3) is 0.429. The van der Waals surface area contributed by atoms with Gasteiger partial charge in [-0.15, -0.1) is 0 Å². The Morgan fingerprint density at radius 1 is 1.31 bits per heavy atom. The SMILES string of the molecule is CS(=O)(=O)OCc1cnc(C(F)(F)F)cn1. The third kappa shape index (κ3) is 4.11. The van der Waals surface area contributed by atoms with Crippen LogP contribution < -0.4 is 0 Å². The van der Waals surface area contributed by atoms with Crippen LogP contribution in [0.25, 0.3) is 0 Å². The summed E-state index contributed by atoms with van der Waals surface area (Å²) in [7, 11) is -3.65. The molecule has 1 rings (SSSR count). The summed E-state index contributed by atoms with van der Waals surface area (Å²) in [6.07, 6.45) is -2.41. The second-order valence-electron chi connectivity index (χ2n) is 2.86.